The number of nitrogens with one attached hydrogen (secondary N) is 2. The molecule has 1 aromatic heterocycles. The molecule has 0 saturated carbocycles. The van der Waals surface area contributed by atoms with E-state index < -0.39 is 5.82 Å². The van der Waals surface area contributed by atoms with Crippen molar-refractivity contribution in [2.45, 2.75) is 26.4 Å². The van der Waals surface area contributed by atoms with Crippen LogP contribution in [0, 0.1) is 5.82 Å². The Kier molecular flexibility index (Phi) is 6.34. The topological polar surface area (TPSA) is 67.1 Å². The minimum absolute atomic E-state index is 0.118. The number of guanidine groups is 1. The van der Waals surface area contributed by atoms with Gasteiger partial charge in [0, 0.05) is 33.1 Å². The van der Waals surface area contributed by atoms with Gasteiger partial charge in [-0.15, -0.1) is 10.2 Å². The summed E-state index contributed by atoms with van der Waals surface area (Å²) in [7, 11) is 1.70. The van der Waals surface area contributed by atoms with Crippen molar-refractivity contribution in [1.82, 2.24) is 25.4 Å². The molecule has 0 atom stereocenters. The normalized spacial score (nSPS) is 11.6. The van der Waals surface area contributed by atoms with Gasteiger partial charge in [-0.2, -0.15) is 0 Å². The number of hydrogen-bond donors (Lipinski definition) is 2. The molecule has 0 fully saturated rings. The standard InChI is InChI=1S/C15H20ClFN6/c1-3-14-22-21-10-23(14)7-6-19-15(18-2)20-9-11-4-5-13(17)12(16)8-11/h4-5,8,10H,3,6-7,9H2,1-2H3,(H2,18,19,20). The van der Waals surface area contributed by atoms with Crippen molar-refractivity contribution in [2.75, 3.05) is 13.6 Å². The molecule has 1 aromatic carbocycles. The first-order valence-corrected chi connectivity index (χ1v) is 7.77. The van der Waals surface area contributed by atoms with Crippen LogP contribution in [0.4, 0.5) is 4.39 Å². The van der Waals surface area contributed by atoms with Crippen LogP contribution < -0.4 is 10.6 Å². The minimum Gasteiger partial charge on any atom is -0.355 e. The summed E-state index contributed by atoms with van der Waals surface area (Å²) < 4.78 is 15.1. The third kappa shape index (κ3) is 4.92. The second kappa shape index (κ2) is 8.47. The first kappa shape index (κ1) is 17.2. The molecule has 0 amide bonds. The molecule has 0 aliphatic rings. The zero-order chi connectivity index (χ0) is 16.7. The number of aliphatic imine (C=N–C) groups is 1. The number of halogens is 2. The first-order valence-electron chi connectivity index (χ1n) is 7.39. The average molecular weight is 339 g/mol. The van der Waals surface area contributed by atoms with E-state index in [2.05, 4.69) is 25.8 Å². The van der Waals surface area contributed by atoms with E-state index in [1.54, 1.807) is 25.5 Å². The lowest BCUT2D eigenvalue weighted by atomic mass is 10.2. The van der Waals surface area contributed by atoms with E-state index in [0.29, 0.717) is 19.0 Å². The smallest absolute Gasteiger partial charge is 0.191 e. The number of rotatable bonds is 6. The van der Waals surface area contributed by atoms with E-state index in [4.69, 9.17) is 11.6 Å². The summed E-state index contributed by atoms with van der Waals surface area (Å²) in [5.41, 5.74) is 0.881. The Hall–Kier alpha value is -2.15. The van der Waals surface area contributed by atoms with Gasteiger partial charge in [0.1, 0.15) is 18.0 Å². The van der Waals surface area contributed by atoms with Crippen LogP contribution in [0.25, 0.3) is 0 Å². The maximum Gasteiger partial charge on any atom is 0.191 e. The number of aryl methyl sites for hydroxylation is 1. The molecule has 0 unspecified atom stereocenters. The van der Waals surface area contributed by atoms with Gasteiger partial charge in [0.15, 0.2) is 5.96 Å². The summed E-state index contributed by atoms with van der Waals surface area (Å²) in [6.07, 6.45) is 2.56. The Balaban J connectivity index is 1.80. The van der Waals surface area contributed by atoms with Gasteiger partial charge in [-0.3, -0.25) is 4.99 Å². The fourth-order valence-electron chi connectivity index (χ4n) is 2.09. The van der Waals surface area contributed by atoms with Crippen LogP contribution in [0.15, 0.2) is 29.5 Å². The molecule has 2 N–H and O–H groups in total. The van der Waals surface area contributed by atoms with Crippen LogP contribution in [0.2, 0.25) is 5.02 Å². The van der Waals surface area contributed by atoms with E-state index in [9.17, 15) is 4.39 Å². The molecule has 0 bridgehead atoms. The Morgan fingerprint density at radius 3 is 2.91 bits per heavy atom. The zero-order valence-electron chi connectivity index (χ0n) is 13.2. The van der Waals surface area contributed by atoms with Gasteiger partial charge in [-0.1, -0.05) is 24.6 Å². The molecule has 0 radical (unpaired) electrons. The molecule has 0 saturated heterocycles. The van der Waals surface area contributed by atoms with Gasteiger partial charge in [0.25, 0.3) is 0 Å². The Morgan fingerprint density at radius 1 is 1.39 bits per heavy atom. The van der Waals surface area contributed by atoms with Gasteiger partial charge in [-0.05, 0) is 17.7 Å². The monoisotopic (exact) mass is 338 g/mol. The Labute approximate surface area is 139 Å². The molecule has 1 heterocycles. The lowest BCUT2D eigenvalue weighted by Gasteiger charge is -2.13. The van der Waals surface area contributed by atoms with Crippen molar-refractivity contribution >= 4 is 17.6 Å². The van der Waals surface area contributed by atoms with E-state index >= 15 is 0 Å². The second-order valence-corrected chi connectivity index (χ2v) is 5.30. The van der Waals surface area contributed by atoms with Crippen LogP contribution >= 0.6 is 11.6 Å². The molecular weight excluding hydrogens is 319 g/mol. The zero-order valence-corrected chi connectivity index (χ0v) is 13.9. The third-order valence-corrected chi connectivity index (χ3v) is 3.61. The van der Waals surface area contributed by atoms with Gasteiger partial charge in [0.05, 0.1) is 5.02 Å². The van der Waals surface area contributed by atoms with Crippen LogP contribution in [0.1, 0.15) is 18.3 Å². The quantitative estimate of drug-likeness (QED) is 0.624. The van der Waals surface area contributed by atoms with E-state index in [1.165, 1.54) is 6.07 Å². The summed E-state index contributed by atoms with van der Waals surface area (Å²) in [5, 5.41) is 14.4. The number of hydrogen-bond acceptors (Lipinski definition) is 3. The lowest BCUT2D eigenvalue weighted by molar-refractivity contribution is 0.626. The second-order valence-electron chi connectivity index (χ2n) is 4.90. The first-order chi connectivity index (χ1) is 11.1. The molecular formula is C15H20ClFN6. The minimum atomic E-state index is -0.418. The van der Waals surface area contributed by atoms with Gasteiger partial charge in [0.2, 0.25) is 0 Å². The highest BCUT2D eigenvalue weighted by Crippen LogP contribution is 2.15. The summed E-state index contributed by atoms with van der Waals surface area (Å²) in [6.45, 7) is 3.99. The van der Waals surface area contributed by atoms with Crippen molar-refractivity contribution in [3.63, 3.8) is 0 Å². The van der Waals surface area contributed by atoms with E-state index in [1.807, 2.05) is 11.5 Å². The predicted molar refractivity (Wildman–Crippen MR) is 89.0 cm³/mol. The lowest BCUT2D eigenvalue weighted by Crippen LogP contribution is -2.38. The van der Waals surface area contributed by atoms with Crippen LogP contribution in [-0.4, -0.2) is 34.3 Å². The Bertz CT molecular complexity index is 670. The van der Waals surface area contributed by atoms with Crippen LogP contribution in [-0.2, 0) is 19.5 Å². The van der Waals surface area contributed by atoms with Crippen molar-refractivity contribution in [1.29, 1.82) is 0 Å². The molecule has 8 heteroatoms. The highest BCUT2D eigenvalue weighted by atomic mass is 35.5. The molecule has 0 aliphatic heterocycles. The summed E-state index contributed by atoms with van der Waals surface area (Å²) in [4.78, 5) is 4.15. The summed E-state index contributed by atoms with van der Waals surface area (Å²) >= 11 is 5.77. The number of nitrogens with zero attached hydrogens (tertiary/aromatic N) is 4. The van der Waals surface area contributed by atoms with Crippen molar-refractivity contribution in [2.24, 2.45) is 4.99 Å². The van der Waals surface area contributed by atoms with Gasteiger partial charge in [-0.25, -0.2) is 4.39 Å². The van der Waals surface area contributed by atoms with Crippen LogP contribution in [0.5, 0.6) is 0 Å². The molecule has 0 aliphatic carbocycles. The van der Waals surface area contributed by atoms with E-state index in [0.717, 1.165) is 24.4 Å². The van der Waals surface area contributed by atoms with Crippen molar-refractivity contribution < 1.29 is 4.39 Å². The SMILES string of the molecule is CCc1nncn1CCNC(=NC)NCc1ccc(F)c(Cl)c1. The fourth-order valence-corrected chi connectivity index (χ4v) is 2.29. The number of aromatic nitrogens is 3. The molecule has 124 valence electrons. The molecule has 23 heavy (non-hydrogen) atoms. The maximum absolute atomic E-state index is 13.1. The largest absolute Gasteiger partial charge is 0.355 e. The van der Waals surface area contributed by atoms with E-state index in [-0.39, 0.29) is 5.02 Å². The van der Waals surface area contributed by atoms with Gasteiger partial charge >= 0.3 is 0 Å². The Morgan fingerprint density at radius 2 is 2.22 bits per heavy atom. The predicted octanol–water partition coefficient (Wildman–Crippen LogP) is 2.00. The van der Waals surface area contributed by atoms with Crippen molar-refractivity contribution in [3.8, 4) is 0 Å². The highest BCUT2D eigenvalue weighted by molar-refractivity contribution is 6.30. The summed E-state index contributed by atoms with van der Waals surface area (Å²) in [6, 6.07) is 4.64. The summed E-state index contributed by atoms with van der Waals surface area (Å²) in [5.74, 6) is 1.20. The highest BCUT2D eigenvalue weighted by Gasteiger charge is 2.04. The van der Waals surface area contributed by atoms with Crippen LogP contribution in [0.3, 0.4) is 0 Å². The molecule has 0 spiro atoms. The van der Waals surface area contributed by atoms with Gasteiger partial charge < -0.3 is 15.2 Å². The maximum atomic E-state index is 13.1. The molecule has 6 nitrogen and oxygen atoms in total. The molecule has 2 rings (SSSR count). The average Bonchev–Trinajstić information content (AvgIpc) is 3.01. The third-order valence-electron chi connectivity index (χ3n) is 3.32. The molecule has 2 aromatic rings. The number of benzene rings is 1. The fraction of sp³-hybridized carbons (Fsp3) is 0.400. The van der Waals surface area contributed by atoms with Crippen molar-refractivity contribution in [3.05, 3.63) is 46.8 Å².